The van der Waals surface area contributed by atoms with Gasteiger partial charge >= 0.3 is 17.9 Å². The molecule has 0 heterocycles. The molecule has 6 nitrogen and oxygen atoms in total. The van der Waals surface area contributed by atoms with E-state index in [1.165, 1.54) is 0 Å². The van der Waals surface area contributed by atoms with Crippen LogP contribution in [0.2, 0.25) is 0 Å². The maximum atomic E-state index is 13.2. The van der Waals surface area contributed by atoms with Crippen molar-refractivity contribution in [3.05, 3.63) is 0 Å². The Labute approximate surface area is 244 Å². The van der Waals surface area contributed by atoms with Crippen molar-refractivity contribution in [3.63, 3.8) is 0 Å². The van der Waals surface area contributed by atoms with Crippen molar-refractivity contribution in [2.24, 2.45) is 71.0 Å². The van der Waals surface area contributed by atoms with Crippen LogP contribution >= 0.6 is 7.92 Å². The Morgan fingerprint density at radius 2 is 0.725 bits per heavy atom. The largest absolute Gasteiger partial charge is 0.481 e. The summed E-state index contributed by atoms with van der Waals surface area (Å²) in [6, 6.07) is 0. The SMILES string of the molecule is CC(C)C1CCC(C)C(C(=O)O)C1P(C1C(C(C)C)CCC(C)C1C(=O)O)C1C(C(C)C)CCC(C)C1C(=O)O. The monoisotopic (exact) mass is 580 g/mol. The first kappa shape index (κ1) is 33.3. The predicted molar refractivity (Wildman–Crippen MR) is 162 cm³/mol. The second-order valence-corrected chi connectivity index (χ2v) is 17.6. The Kier molecular flexibility index (Phi) is 11.2. The Morgan fingerprint density at radius 1 is 0.500 bits per heavy atom. The number of carboxylic acid groups (broad SMARTS) is 3. The number of aliphatic carboxylic acids is 3. The van der Waals surface area contributed by atoms with E-state index < -0.39 is 43.6 Å². The molecule has 0 spiro atoms. The number of carbonyl (C=O) groups is 3. The lowest BCUT2D eigenvalue weighted by molar-refractivity contribution is -0.145. The molecular weight excluding hydrogens is 523 g/mol. The van der Waals surface area contributed by atoms with Crippen LogP contribution in [0.5, 0.6) is 0 Å². The van der Waals surface area contributed by atoms with Gasteiger partial charge < -0.3 is 15.3 Å². The normalized spacial score (nSPS) is 41.7. The highest BCUT2D eigenvalue weighted by molar-refractivity contribution is 7.60. The van der Waals surface area contributed by atoms with E-state index in [0.717, 1.165) is 38.5 Å². The number of carboxylic acids is 3. The third-order valence-corrected chi connectivity index (χ3v) is 15.8. The lowest BCUT2D eigenvalue weighted by Crippen LogP contribution is -2.55. The van der Waals surface area contributed by atoms with Crippen LogP contribution in [-0.4, -0.2) is 50.2 Å². The fourth-order valence-electron chi connectivity index (χ4n) is 9.39. The molecule has 0 saturated heterocycles. The second kappa shape index (κ2) is 13.4. The molecule has 3 N–H and O–H groups in total. The first-order valence-electron chi connectivity index (χ1n) is 16.1. The van der Waals surface area contributed by atoms with E-state index in [1.807, 2.05) is 0 Å². The van der Waals surface area contributed by atoms with Crippen molar-refractivity contribution in [2.45, 2.75) is 118 Å². The molecule has 7 heteroatoms. The smallest absolute Gasteiger partial charge is 0.307 e. The van der Waals surface area contributed by atoms with Gasteiger partial charge in [-0.05, 0) is 109 Å². The summed E-state index contributed by atoms with van der Waals surface area (Å²) in [6.07, 6.45) is 5.37. The van der Waals surface area contributed by atoms with Gasteiger partial charge in [0.25, 0.3) is 0 Å². The van der Waals surface area contributed by atoms with Crippen LogP contribution in [-0.2, 0) is 14.4 Å². The highest BCUT2D eigenvalue weighted by Crippen LogP contribution is 2.71. The fraction of sp³-hybridized carbons (Fsp3) is 0.909. The molecule has 3 saturated carbocycles. The Morgan fingerprint density at radius 3 is 0.900 bits per heavy atom. The molecule has 0 radical (unpaired) electrons. The van der Waals surface area contributed by atoms with Crippen LogP contribution in [0.4, 0.5) is 0 Å². The van der Waals surface area contributed by atoms with Crippen molar-refractivity contribution in [2.75, 3.05) is 0 Å². The number of hydrogen-bond donors (Lipinski definition) is 3. The van der Waals surface area contributed by atoms with E-state index in [4.69, 9.17) is 0 Å². The summed E-state index contributed by atoms with van der Waals surface area (Å²) >= 11 is 0. The number of rotatable bonds is 9. The van der Waals surface area contributed by atoms with Crippen LogP contribution in [0.3, 0.4) is 0 Å². The fourth-order valence-corrected chi connectivity index (χ4v) is 15.8. The summed E-state index contributed by atoms with van der Waals surface area (Å²) in [5, 5.41) is 32.4. The second-order valence-electron chi connectivity index (χ2n) is 14.9. The van der Waals surface area contributed by atoms with Crippen LogP contribution < -0.4 is 0 Å². The molecular formula is C33H57O6P. The van der Waals surface area contributed by atoms with Gasteiger partial charge in [-0.3, -0.25) is 14.4 Å². The average Bonchev–Trinajstić information content (AvgIpc) is 2.83. The van der Waals surface area contributed by atoms with Crippen molar-refractivity contribution >= 4 is 25.8 Å². The standard InChI is InChI=1S/C33H57O6P/c1-16(2)22-13-10-19(7)25(31(34)35)28(22)40(29-23(17(3)4)14-11-20(8)26(29)32(36)37)30-24(18(5)6)15-12-21(9)27(30)33(38)39/h16-30H,10-15H2,1-9H3,(H,34,35)(H,36,37)(H,38,39). The van der Waals surface area contributed by atoms with Gasteiger partial charge in [0.2, 0.25) is 0 Å². The minimum Gasteiger partial charge on any atom is -0.481 e. The Bertz CT molecular complexity index is 787. The van der Waals surface area contributed by atoms with E-state index in [1.54, 1.807) is 0 Å². The zero-order valence-corrected chi connectivity index (χ0v) is 27.3. The average molecular weight is 581 g/mol. The first-order valence-corrected chi connectivity index (χ1v) is 17.6. The minimum atomic E-state index is -1.27. The molecule has 12 unspecified atom stereocenters. The molecule has 0 aromatic rings. The van der Waals surface area contributed by atoms with E-state index in [0.29, 0.717) is 0 Å². The van der Waals surface area contributed by atoms with Gasteiger partial charge in [-0.15, -0.1) is 0 Å². The quantitative estimate of drug-likeness (QED) is 0.240. The molecule has 3 fully saturated rings. The third kappa shape index (κ3) is 6.42. The summed E-state index contributed by atoms with van der Waals surface area (Å²) in [6.45, 7) is 19.3. The summed E-state index contributed by atoms with van der Waals surface area (Å²) < 4.78 is 0. The zero-order valence-electron chi connectivity index (χ0n) is 26.4. The highest BCUT2D eigenvalue weighted by atomic mass is 31.1. The zero-order chi connectivity index (χ0) is 30.2. The lowest BCUT2D eigenvalue weighted by atomic mass is 9.69. The molecule has 3 aliphatic rings. The summed E-state index contributed by atoms with van der Waals surface area (Å²) in [5.41, 5.74) is -0.519. The molecule has 0 amide bonds. The summed E-state index contributed by atoms with van der Waals surface area (Å²) in [4.78, 5) is 39.5. The molecule has 3 rings (SSSR count). The summed E-state index contributed by atoms with van der Waals surface area (Å²) in [5.74, 6) is -2.80. The predicted octanol–water partition coefficient (Wildman–Crippen LogP) is 7.78. The molecule has 0 aromatic heterocycles. The highest BCUT2D eigenvalue weighted by Gasteiger charge is 2.59. The van der Waals surface area contributed by atoms with E-state index in [2.05, 4.69) is 62.3 Å². The third-order valence-electron chi connectivity index (χ3n) is 11.6. The maximum absolute atomic E-state index is 13.2. The van der Waals surface area contributed by atoms with Crippen LogP contribution in [0.1, 0.15) is 101 Å². The molecule has 3 aliphatic carbocycles. The Balaban J connectivity index is 2.42. The van der Waals surface area contributed by atoms with Crippen molar-refractivity contribution in [1.82, 2.24) is 0 Å². The maximum Gasteiger partial charge on any atom is 0.307 e. The van der Waals surface area contributed by atoms with E-state index >= 15 is 0 Å². The molecule has 0 aromatic carbocycles. The first-order chi connectivity index (χ1) is 18.6. The van der Waals surface area contributed by atoms with Gasteiger partial charge in [0.15, 0.2) is 0 Å². The van der Waals surface area contributed by atoms with Gasteiger partial charge in [0.1, 0.15) is 0 Å². The molecule has 12 atom stereocenters. The van der Waals surface area contributed by atoms with Crippen LogP contribution in [0, 0.1) is 71.0 Å². The van der Waals surface area contributed by atoms with Crippen molar-refractivity contribution in [3.8, 4) is 0 Å². The van der Waals surface area contributed by atoms with Gasteiger partial charge in [0, 0.05) is 0 Å². The van der Waals surface area contributed by atoms with Crippen LogP contribution in [0.15, 0.2) is 0 Å². The number of hydrogen-bond acceptors (Lipinski definition) is 3. The Hall–Kier alpha value is -1.16. The van der Waals surface area contributed by atoms with Gasteiger partial charge in [-0.2, -0.15) is 0 Å². The molecule has 40 heavy (non-hydrogen) atoms. The van der Waals surface area contributed by atoms with Gasteiger partial charge in [0.05, 0.1) is 17.8 Å². The topological polar surface area (TPSA) is 112 Å². The molecule has 0 bridgehead atoms. The summed E-state index contributed by atoms with van der Waals surface area (Å²) in [7, 11) is -1.27. The van der Waals surface area contributed by atoms with Crippen molar-refractivity contribution < 1.29 is 29.7 Å². The van der Waals surface area contributed by atoms with Gasteiger partial charge in [-0.1, -0.05) is 70.2 Å². The van der Waals surface area contributed by atoms with Crippen LogP contribution in [0.25, 0.3) is 0 Å². The molecule has 230 valence electrons. The lowest BCUT2D eigenvalue weighted by Gasteiger charge is -2.59. The van der Waals surface area contributed by atoms with E-state index in [9.17, 15) is 29.7 Å². The van der Waals surface area contributed by atoms with Gasteiger partial charge in [-0.25, -0.2) is 0 Å². The van der Waals surface area contributed by atoms with Crippen molar-refractivity contribution in [1.29, 1.82) is 0 Å². The van der Waals surface area contributed by atoms with E-state index in [-0.39, 0.29) is 70.2 Å². The molecule has 0 aliphatic heterocycles. The minimum absolute atomic E-state index is 0.00826.